The lowest BCUT2D eigenvalue weighted by atomic mass is 9.98. The highest BCUT2D eigenvalue weighted by molar-refractivity contribution is 8.01. The fraction of sp³-hybridized carbons (Fsp3) is 0.238. The van der Waals surface area contributed by atoms with Crippen molar-refractivity contribution >= 4 is 40.4 Å². The molecule has 3 aromatic rings. The molecular weight excluding hydrogens is 406 g/mol. The molecule has 6 nitrogen and oxygen atoms in total. The molecule has 2 aromatic carbocycles. The van der Waals surface area contributed by atoms with Crippen molar-refractivity contribution in [1.82, 2.24) is 4.98 Å². The average molecular weight is 428 g/mol. The number of thiazole rings is 1. The summed E-state index contributed by atoms with van der Waals surface area (Å²) in [5.41, 5.74) is 3.74. The van der Waals surface area contributed by atoms with Crippen LogP contribution in [0.25, 0.3) is 0 Å². The Labute approximate surface area is 177 Å². The van der Waals surface area contributed by atoms with Crippen molar-refractivity contribution < 1.29 is 9.72 Å². The molecule has 0 radical (unpaired) electrons. The van der Waals surface area contributed by atoms with E-state index in [0.29, 0.717) is 4.90 Å². The lowest BCUT2D eigenvalue weighted by Gasteiger charge is -2.16. The predicted octanol–water partition coefficient (Wildman–Crippen LogP) is 6.20. The van der Waals surface area contributed by atoms with Gasteiger partial charge in [-0.25, -0.2) is 4.98 Å². The normalized spacial score (nSPS) is 10.9. The summed E-state index contributed by atoms with van der Waals surface area (Å²) in [5, 5.41) is 16.4. The smallest absolute Gasteiger partial charge is 0.284 e. The summed E-state index contributed by atoms with van der Waals surface area (Å²) < 4.78 is 0.726. The molecule has 1 heterocycles. The van der Waals surface area contributed by atoms with E-state index >= 15 is 0 Å². The van der Waals surface area contributed by atoms with Gasteiger partial charge in [0, 0.05) is 28.4 Å². The molecule has 1 amide bonds. The number of hydrogen-bond acceptors (Lipinski definition) is 6. The van der Waals surface area contributed by atoms with Crippen molar-refractivity contribution in [1.29, 1.82) is 0 Å². The molecule has 0 atom stereocenters. The van der Waals surface area contributed by atoms with Gasteiger partial charge in [-0.1, -0.05) is 43.8 Å². The molecule has 0 aliphatic heterocycles. The summed E-state index contributed by atoms with van der Waals surface area (Å²) >= 11 is 2.66. The summed E-state index contributed by atoms with van der Waals surface area (Å²) in [4.78, 5) is 28.8. The van der Waals surface area contributed by atoms with E-state index in [9.17, 15) is 14.9 Å². The number of benzene rings is 2. The Morgan fingerprint density at radius 3 is 2.62 bits per heavy atom. The first kappa shape index (κ1) is 21.0. The molecule has 1 N–H and O–H groups in total. The van der Waals surface area contributed by atoms with Crippen LogP contribution >= 0.6 is 23.1 Å². The summed E-state index contributed by atoms with van der Waals surface area (Å²) in [6.07, 6.45) is 0. The van der Waals surface area contributed by atoms with Crippen molar-refractivity contribution in [3.8, 4) is 0 Å². The number of aromatic nitrogens is 1. The molecule has 0 aliphatic rings. The largest absolute Gasteiger partial charge is 0.321 e. The van der Waals surface area contributed by atoms with Crippen LogP contribution in [0.1, 0.15) is 46.9 Å². The third kappa shape index (κ3) is 4.83. The zero-order valence-corrected chi connectivity index (χ0v) is 18.2. The molecule has 0 aliphatic carbocycles. The highest BCUT2D eigenvalue weighted by atomic mass is 32.2. The summed E-state index contributed by atoms with van der Waals surface area (Å²) in [6.45, 7) is 7.92. The highest BCUT2D eigenvalue weighted by Crippen LogP contribution is 2.37. The standard InChI is InChI=1S/C21H21N3O3S2/c1-12(2)16-7-5-6-13(3)19(16)23-20(25)15-8-9-18(17(10-15)24(26)27)29-21-22-14(4)11-28-21/h5-12H,1-4H3,(H,23,25). The number of nitrogens with one attached hydrogen (secondary N) is 1. The van der Waals surface area contributed by atoms with Crippen molar-refractivity contribution in [2.75, 3.05) is 5.32 Å². The number of carbonyl (C=O) groups excluding carboxylic acids is 1. The lowest BCUT2D eigenvalue weighted by molar-refractivity contribution is -0.387. The maximum absolute atomic E-state index is 12.8. The number of para-hydroxylation sites is 1. The minimum absolute atomic E-state index is 0.107. The number of rotatable bonds is 6. The topological polar surface area (TPSA) is 85.1 Å². The van der Waals surface area contributed by atoms with E-state index in [1.54, 1.807) is 12.1 Å². The van der Waals surface area contributed by atoms with Crippen LogP contribution in [0.3, 0.4) is 0 Å². The van der Waals surface area contributed by atoms with E-state index in [1.807, 2.05) is 37.4 Å². The number of aryl methyl sites for hydroxylation is 2. The van der Waals surface area contributed by atoms with E-state index in [-0.39, 0.29) is 23.1 Å². The molecular formula is C21H21N3O3S2. The van der Waals surface area contributed by atoms with Gasteiger partial charge in [0.1, 0.15) is 0 Å². The number of amides is 1. The van der Waals surface area contributed by atoms with Crippen LogP contribution in [0.15, 0.2) is 51.0 Å². The summed E-state index contributed by atoms with van der Waals surface area (Å²) in [6, 6.07) is 10.4. The molecule has 3 rings (SSSR count). The fourth-order valence-electron chi connectivity index (χ4n) is 2.89. The van der Waals surface area contributed by atoms with Gasteiger partial charge in [0.05, 0.1) is 9.82 Å². The Balaban J connectivity index is 1.90. The number of nitro benzene ring substituents is 1. The third-order valence-corrected chi connectivity index (χ3v) is 6.50. The molecule has 8 heteroatoms. The number of hydrogen-bond donors (Lipinski definition) is 1. The first-order valence-electron chi connectivity index (χ1n) is 9.05. The van der Waals surface area contributed by atoms with Gasteiger partial charge in [-0.2, -0.15) is 0 Å². The van der Waals surface area contributed by atoms with Crippen LogP contribution in [0.2, 0.25) is 0 Å². The zero-order chi connectivity index (χ0) is 21.1. The summed E-state index contributed by atoms with van der Waals surface area (Å²) in [5.74, 6) is -0.133. The van der Waals surface area contributed by atoms with Gasteiger partial charge in [0.2, 0.25) is 0 Å². The Kier molecular flexibility index (Phi) is 6.34. The molecule has 0 unspecified atom stereocenters. The zero-order valence-electron chi connectivity index (χ0n) is 16.6. The van der Waals surface area contributed by atoms with Crippen LogP contribution in [-0.4, -0.2) is 15.8 Å². The average Bonchev–Trinajstić information content (AvgIpc) is 3.07. The quantitative estimate of drug-likeness (QED) is 0.374. The molecule has 1 aromatic heterocycles. The first-order valence-corrected chi connectivity index (χ1v) is 10.7. The third-order valence-electron chi connectivity index (χ3n) is 4.38. The Hall–Kier alpha value is -2.71. The Bertz CT molecular complexity index is 1080. The maximum Gasteiger partial charge on any atom is 0.284 e. The van der Waals surface area contributed by atoms with Gasteiger partial charge in [-0.15, -0.1) is 11.3 Å². The Morgan fingerprint density at radius 2 is 2.00 bits per heavy atom. The Morgan fingerprint density at radius 1 is 1.24 bits per heavy atom. The van der Waals surface area contributed by atoms with Crippen molar-refractivity contribution in [2.24, 2.45) is 0 Å². The van der Waals surface area contributed by atoms with Crippen LogP contribution in [-0.2, 0) is 0 Å². The van der Waals surface area contributed by atoms with Crippen LogP contribution < -0.4 is 5.32 Å². The van der Waals surface area contributed by atoms with Gasteiger partial charge < -0.3 is 5.32 Å². The lowest BCUT2D eigenvalue weighted by Crippen LogP contribution is -2.15. The van der Waals surface area contributed by atoms with Crippen molar-refractivity contribution in [2.45, 2.75) is 42.8 Å². The monoisotopic (exact) mass is 427 g/mol. The van der Waals surface area contributed by atoms with E-state index < -0.39 is 4.92 Å². The van der Waals surface area contributed by atoms with Gasteiger partial charge in [0.15, 0.2) is 4.34 Å². The number of anilines is 1. The molecule has 0 saturated carbocycles. The van der Waals surface area contributed by atoms with E-state index in [2.05, 4.69) is 24.1 Å². The van der Waals surface area contributed by atoms with Crippen LogP contribution in [0.4, 0.5) is 11.4 Å². The van der Waals surface area contributed by atoms with E-state index in [4.69, 9.17) is 0 Å². The van der Waals surface area contributed by atoms with E-state index in [1.165, 1.54) is 29.2 Å². The van der Waals surface area contributed by atoms with Crippen molar-refractivity contribution in [3.05, 3.63) is 74.3 Å². The van der Waals surface area contributed by atoms with Crippen molar-refractivity contribution in [3.63, 3.8) is 0 Å². The maximum atomic E-state index is 12.8. The van der Waals surface area contributed by atoms with Crippen LogP contribution in [0.5, 0.6) is 0 Å². The minimum Gasteiger partial charge on any atom is -0.321 e. The SMILES string of the molecule is Cc1csc(Sc2ccc(C(=O)Nc3c(C)cccc3C(C)C)cc2[N+](=O)[O-])n1. The fourth-order valence-corrected chi connectivity index (χ4v) is 4.77. The van der Waals surface area contributed by atoms with E-state index in [0.717, 1.165) is 26.8 Å². The molecule has 0 bridgehead atoms. The second-order valence-corrected chi connectivity index (χ2v) is 9.09. The van der Waals surface area contributed by atoms with Gasteiger partial charge in [-0.05, 0) is 43.0 Å². The second kappa shape index (κ2) is 8.75. The van der Waals surface area contributed by atoms with Gasteiger partial charge in [0.25, 0.3) is 11.6 Å². The molecule has 0 saturated heterocycles. The molecule has 0 spiro atoms. The number of nitro groups is 1. The molecule has 29 heavy (non-hydrogen) atoms. The highest BCUT2D eigenvalue weighted by Gasteiger charge is 2.20. The summed E-state index contributed by atoms with van der Waals surface area (Å²) in [7, 11) is 0. The number of nitrogens with zero attached hydrogens (tertiary/aromatic N) is 2. The predicted molar refractivity (Wildman–Crippen MR) is 117 cm³/mol. The second-order valence-electron chi connectivity index (χ2n) is 6.94. The van der Waals surface area contributed by atoms with Gasteiger partial charge >= 0.3 is 0 Å². The minimum atomic E-state index is -0.465. The number of carbonyl (C=O) groups is 1. The van der Waals surface area contributed by atoms with Gasteiger partial charge in [-0.3, -0.25) is 14.9 Å². The first-order chi connectivity index (χ1) is 13.8. The van der Waals surface area contributed by atoms with Crippen LogP contribution in [0, 0.1) is 24.0 Å². The molecule has 0 fully saturated rings. The molecule has 150 valence electrons.